The summed E-state index contributed by atoms with van der Waals surface area (Å²) in [5.41, 5.74) is 15.6. The van der Waals surface area contributed by atoms with Gasteiger partial charge in [-0.1, -0.05) is 0 Å². The molecule has 2 aliphatic rings. The van der Waals surface area contributed by atoms with E-state index >= 15 is 0 Å². The van der Waals surface area contributed by atoms with Crippen molar-refractivity contribution in [3.63, 3.8) is 0 Å². The van der Waals surface area contributed by atoms with E-state index in [1.807, 2.05) is 6.07 Å². The minimum Gasteiger partial charge on any atom is -0.491 e. The molecule has 1 aliphatic carbocycles. The maximum atomic E-state index is 12.1. The fourth-order valence-corrected chi connectivity index (χ4v) is 3.88. The molecule has 0 radical (unpaired) electrons. The highest BCUT2D eigenvalue weighted by molar-refractivity contribution is 5.98. The van der Waals surface area contributed by atoms with Crippen LogP contribution in [0.25, 0.3) is 0 Å². The van der Waals surface area contributed by atoms with Crippen LogP contribution in [0.1, 0.15) is 39.9 Å². The molecule has 0 bridgehead atoms. The number of hydrogen-bond acceptors (Lipinski definition) is 5. The molecule has 0 aromatic heterocycles. The molecule has 25 heavy (non-hydrogen) atoms. The number of hydrogen-bond donors (Lipinski definition) is 2. The first-order valence-corrected chi connectivity index (χ1v) is 9.31. The molecule has 0 unspecified atom stereocenters. The summed E-state index contributed by atoms with van der Waals surface area (Å²) < 4.78 is 11.4. The molecule has 1 fully saturated rings. The van der Waals surface area contributed by atoms with Gasteiger partial charge in [0, 0.05) is 19.6 Å². The van der Waals surface area contributed by atoms with E-state index in [0.29, 0.717) is 30.9 Å². The van der Waals surface area contributed by atoms with Gasteiger partial charge in [-0.25, -0.2) is 0 Å². The molecule has 1 aromatic carbocycles. The quantitative estimate of drug-likeness (QED) is 0.764. The minimum atomic E-state index is -0.418. The SMILES string of the molecule is NCCc1c2c(cc(OCCN3CCOCC3)c1C(N)=O)CCCC2. The number of rotatable bonds is 7. The number of nitrogens with zero attached hydrogens (tertiary/aromatic N) is 1. The third-order valence-electron chi connectivity index (χ3n) is 5.14. The lowest BCUT2D eigenvalue weighted by Gasteiger charge is -2.27. The number of benzene rings is 1. The predicted octanol–water partition coefficient (Wildman–Crippen LogP) is 0.877. The van der Waals surface area contributed by atoms with Crippen molar-refractivity contribution in [2.24, 2.45) is 11.5 Å². The molecule has 1 aliphatic heterocycles. The first-order chi connectivity index (χ1) is 12.2. The summed E-state index contributed by atoms with van der Waals surface area (Å²) >= 11 is 0. The van der Waals surface area contributed by atoms with Crippen molar-refractivity contribution in [3.8, 4) is 5.75 Å². The monoisotopic (exact) mass is 347 g/mol. The summed E-state index contributed by atoms with van der Waals surface area (Å²) in [7, 11) is 0. The fourth-order valence-electron chi connectivity index (χ4n) is 3.88. The van der Waals surface area contributed by atoms with Crippen molar-refractivity contribution in [1.29, 1.82) is 0 Å². The van der Waals surface area contributed by atoms with Crippen LogP contribution in [0.3, 0.4) is 0 Å². The molecule has 6 nitrogen and oxygen atoms in total. The summed E-state index contributed by atoms with van der Waals surface area (Å²) in [5, 5.41) is 0. The third-order valence-corrected chi connectivity index (χ3v) is 5.14. The average molecular weight is 347 g/mol. The van der Waals surface area contributed by atoms with Crippen LogP contribution in [-0.2, 0) is 24.0 Å². The Morgan fingerprint density at radius 3 is 2.72 bits per heavy atom. The van der Waals surface area contributed by atoms with E-state index < -0.39 is 5.91 Å². The smallest absolute Gasteiger partial charge is 0.252 e. The molecule has 1 heterocycles. The zero-order valence-corrected chi connectivity index (χ0v) is 14.9. The Labute approximate surface area is 149 Å². The summed E-state index contributed by atoms with van der Waals surface area (Å²) in [5.74, 6) is 0.211. The number of fused-ring (bicyclic) bond motifs is 1. The van der Waals surface area contributed by atoms with Gasteiger partial charge in [0.2, 0.25) is 0 Å². The second kappa shape index (κ2) is 8.65. The van der Waals surface area contributed by atoms with Crippen molar-refractivity contribution >= 4 is 5.91 Å². The maximum Gasteiger partial charge on any atom is 0.252 e. The Hall–Kier alpha value is -1.63. The van der Waals surface area contributed by atoms with Gasteiger partial charge in [-0.15, -0.1) is 0 Å². The standard InChI is InChI=1S/C19H29N3O3/c20-6-5-16-15-4-2-1-3-14(15)13-17(18(16)19(21)23)25-12-9-22-7-10-24-11-8-22/h13H,1-12,20H2,(H2,21,23). The Balaban J connectivity index is 1.81. The van der Waals surface area contributed by atoms with Crippen molar-refractivity contribution in [2.45, 2.75) is 32.1 Å². The maximum absolute atomic E-state index is 12.1. The van der Waals surface area contributed by atoms with Crippen LogP contribution < -0.4 is 16.2 Å². The van der Waals surface area contributed by atoms with Crippen LogP contribution in [0, 0.1) is 0 Å². The topological polar surface area (TPSA) is 90.8 Å². The van der Waals surface area contributed by atoms with Crippen LogP contribution in [-0.4, -0.2) is 56.8 Å². The van der Waals surface area contributed by atoms with Gasteiger partial charge in [0.25, 0.3) is 5.91 Å². The highest BCUT2D eigenvalue weighted by atomic mass is 16.5. The van der Waals surface area contributed by atoms with E-state index in [1.165, 1.54) is 17.5 Å². The molecule has 0 spiro atoms. The lowest BCUT2D eigenvalue weighted by molar-refractivity contribution is 0.0322. The highest BCUT2D eigenvalue weighted by Crippen LogP contribution is 2.34. The van der Waals surface area contributed by atoms with Crippen LogP contribution in [0.2, 0.25) is 0 Å². The van der Waals surface area contributed by atoms with Crippen molar-refractivity contribution in [2.75, 3.05) is 46.0 Å². The molecular formula is C19H29N3O3. The largest absolute Gasteiger partial charge is 0.491 e. The highest BCUT2D eigenvalue weighted by Gasteiger charge is 2.23. The number of morpholine rings is 1. The van der Waals surface area contributed by atoms with Gasteiger partial charge in [-0.2, -0.15) is 0 Å². The lowest BCUT2D eigenvalue weighted by Crippen LogP contribution is -2.38. The second-order valence-electron chi connectivity index (χ2n) is 6.78. The van der Waals surface area contributed by atoms with Gasteiger partial charge in [-0.3, -0.25) is 9.69 Å². The molecule has 3 rings (SSSR count). The van der Waals surface area contributed by atoms with Gasteiger partial charge in [-0.05, 0) is 61.4 Å². The lowest BCUT2D eigenvalue weighted by atomic mass is 9.84. The summed E-state index contributed by atoms with van der Waals surface area (Å²) in [6, 6.07) is 2.04. The fraction of sp³-hybridized carbons (Fsp3) is 0.632. The van der Waals surface area contributed by atoms with Crippen LogP contribution >= 0.6 is 0 Å². The number of aryl methyl sites for hydroxylation is 1. The van der Waals surface area contributed by atoms with E-state index in [1.54, 1.807) is 0 Å². The van der Waals surface area contributed by atoms with Crippen LogP contribution in [0.4, 0.5) is 0 Å². The second-order valence-corrected chi connectivity index (χ2v) is 6.78. The normalized spacial score (nSPS) is 18.0. The first kappa shape index (κ1) is 18.2. The van der Waals surface area contributed by atoms with Gasteiger partial charge < -0.3 is 20.9 Å². The summed E-state index contributed by atoms with van der Waals surface area (Å²) in [4.78, 5) is 14.5. The summed E-state index contributed by atoms with van der Waals surface area (Å²) in [6.07, 6.45) is 5.03. The van der Waals surface area contributed by atoms with Crippen molar-refractivity contribution in [1.82, 2.24) is 4.90 Å². The molecule has 0 atom stereocenters. The molecule has 6 heteroatoms. The number of carbonyl (C=O) groups excluding carboxylic acids is 1. The Morgan fingerprint density at radius 2 is 2.00 bits per heavy atom. The van der Waals surface area contributed by atoms with Crippen molar-refractivity contribution < 1.29 is 14.3 Å². The van der Waals surface area contributed by atoms with Gasteiger partial charge in [0.05, 0.1) is 18.8 Å². The Bertz CT molecular complexity index is 612. The molecular weight excluding hydrogens is 318 g/mol. The number of carbonyl (C=O) groups is 1. The van der Waals surface area contributed by atoms with E-state index in [0.717, 1.165) is 57.7 Å². The van der Waals surface area contributed by atoms with E-state index in [-0.39, 0.29) is 0 Å². The third kappa shape index (κ3) is 4.32. The van der Waals surface area contributed by atoms with Gasteiger partial charge in [0.15, 0.2) is 0 Å². The number of primary amides is 1. The van der Waals surface area contributed by atoms with E-state index in [2.05, 4.69) is 4.90 Å². The molecule has 0 saturated carbocycles. The average Bonchev–Trinajstić information content (AvgIpc) is 2.62. The number of ether oxygens (including phenoxy) is 2. The zero-order valence-electron chi connectivity index (χ0n) is 14.9. The number of nitrogens with two attached hydrogens (primary N) is 2. The zero-order chi connectivity index (χ0) is 17.6. The summed E-state index contributed by atoms with van der Waals surface area (Å²) in [6.45, 7) is 5.26. The molecule has 1 saturated heterocycles. The van der Waals surface area contributed by atoms with E-state index in [4.69, 9.17) is 20.9 Å². The molecule has 1 amide bonds. The Morgan fingerprint density at radius 1 is 1.24 bits per heavy atom. The van der Waals surface area contributed by atoms with E-state index in [9.17, 15) is 4.79 Å². The van der Waals surface area contributed by atoms with Crippen LogP contribution in [0.5, 0.6) is 5.75 Å². The first-order valence-electron chi connectivity index (χ1n) is 9.31. The molecule has 4 N–H and O–H groups in total. The number of amides is 1. The van der Waals surface area contributed by atoms with Gasteiger partial charge >= 0.3 is 0 Å². The molecule has 138 valence electrons. The van der Waals surface area contributed by atoms with Crippen molar-refractivity contribution in [3.05, 3.63) is 28.3 Å². The van der Waals surface area contributed by atoms with Crippen LogP contribution in [0.15, 0.2) is 6.07 Å². The predicted molar refractivity (Wildman–Crippen MR) is 97.1 cm³/mol. The van der Waals surface area contributed by atoms with Gasteiger partial charge in [0.1, 0.15) is 12.4 Å². The Kier molecular flexibility index (Phi) is 6.29. The molecule has 1 aromatic rings. The minimum absolute atomic E-state index is 0.418.